The Bertz CT molecular complexity index is 502. The van der Waals surface area contributed by atoms with Crippen LogP contribution < -0.4 is 5.32 Å². The summed E-state index contributed by atoms with van der Waals surface area (Å²) in [4.78, 5) is 5.67. The van der Waals surface area contributed by atoms with Gasteiger partial charge < -0.3 is 5.32 Å². The van der Waals surface area contributed by atoms with Gasteiger partial charge >= 0.3 is 0 Å². The molecule has 0 fully saturated rings. The predicted molar refractivity (Wildman–Crippen MR) is 83.1 cm³/mol. The second kappa shape index (κ2) is 6.96. The van der Waals surface area contributed by atoms with Gasteiger partial charge in [-0.05, 0) is 19.3 Å². The molecule has 0 saturated carbocycles. The maximum absolute atomic E-state index is 4.54. The molecule has 0 spiro atoms. The van der Waals surface area contributed by atoms with Gasteiger partial charge in [-0.2, -0.15) is 0 Å². The molecule has 2 rings (SSSR count). The average Bonchev–Trinajstić information content (AvgIpc) is 3.06. The fourth-order valence-electron chi connectivity index (χ4n) is 1.84. The Morgan fingerprint density at radius 2 is 1.95 bits per heavy atom. The molecule has 0 amide bonds. The van der Waals surface area contributed by atoms with E-state index in [-0.39, 0.29) is 0 Å². The summed E-state index contributed by atoms with van der Waals surface area (Å²) in [5.74, 6) is 0.573. The molecule has 0 bridgehead atoms. The van der Waals surface area contributed by atoms with Crippen LogP contribution in [-0.2, 0) is 0 Å². The van der Waals surface area contributed by atoms with Crippen molar-refractivity contribution in [1.82, 2.24) is 15.2 Å². The highest BCUT2D eigenvalue weighted by Crippen LogP contribution is 2.34. The number of rotatable bonds is 7. The first kappa shape index (κ1) is 14.4. The highest BCUT2D eigenvalue weighted by molar-refractivity contribution is 7.23. The summed E-state index contributed by atoms with van der Waals surface area (Å²) in [6.07, 6.45) is 5.31. The van der Waals surface area contributed by atoms with Crippen LogP contribution in [0.15, 0.2) is 6.20 Å². The Morgan fingerprint density at radius 1 is 1.16 bits per heavy atom. The summed E-state index contributed by atoms with van der Waals surface area (Å²) in [5.41, 5.74) is 0. The van der Waals surface area contributed by atoms with Crippen LogP contribution in [0.1, 0.15) is 51.0 Å². The van der Waals surface area contributed by atoms with Crippen LogP contribution in [-0.4, -0.2) is 21.7 Å². The fourth-order valence-corrected chi connectivity index (χ4v) is 3.83. The van der Waals surface area contributed by atoms with Crippen molar-refractivity contribution >= 4 is 27.8 Å². The predicted octanol–water partition coefficient (Wildman–Crippen LogP) is 4.39. The monoisotopic (exact) mass is 296 g/mol. The molecule has 2 aromatic rings. The number of nitrogens with one attached hydrogen (secondary N) is 1. The lowest BCUT2D eigenvalue weighted by Gasteiger charge is -2.06. The minimum absolute atomic E-state index is 0.573. The van der Waals surface area contributed by atoms with Crippen LogP contribution in [0.25, 0.3) is 9.88 Å². The van der Waals surface area contributed by atoms with Crippen molar-refractivity contribution in [3.8, 4) is 9.88 Å². The molecule has 0 aliphatic rings. The third-order valence-corrected chi connectivity index (χ3v) is 5.23. The molecule has 0 aliphatic carbocycles. The summed E-state index contributed by atoms with van der Waals surface area (Å²) in [6, 6.07) is 0. The standard InChI is InChI=1S/C13H20N4S2/c1-4-7-14-13-17-16-12(19-13)10-8-15-11(18-10)9(5-2)6-3/h8-9H,4-7H2,1-3H3,(H,14,17). The lowest BCUT2D eigenvalue weighted by molar-refractivity contribution is 0.637. The SMILES string of the molecule is CCCNc1nnc(-c2cnc(C(CC)CC)s2)s1. The molecule has 4 nitrogen and oxygen atoms in total. The quantitative estimate of drug-likeness (QED) is 0.823. The second-order valence-electron chi connectivity index (χ2n) is 4.42. The Hall–Kier alpha value is -1.01. The van der Waals surface area contributed by atoms with Gasteiger partial charge in [0.15, 0.2) is 5.01 Å². The van der Waals surface area contributed by atoms with Crippen LogP contribution in [0.5, 0.6) is 0 Å². The Kier molecular flexibility index (Phi) is 5.27. The zero-order valence-corrected chi connectivity index (χ0v) is 13.3. The number of thiazole rings is 1. The van der Waals surface area contributed by atoms with Crippen LogP contribution in [0.4, 0.5) is 5.13 Å². The largest absolute Gasteiger partial charge is 0.360 e. The smallest absolute Gasteiger partial charge is 0.206 e. The van der Waals surface area contributed by atoms with Crippen molar-refractivity contribution in [2.45, 2.75) is 46.0 Å². The summed E-state index contributed by atoms with van der Waals surface area (Å²) >= 11 is 3.35. The van der Waals surface area contributed by atoms with Gasteiger partial charge in [0.1, 0.15) is 0 Å². The van der Waals surface area contributed by atoms with Crippen LogP contribution in [0.2, 0.25) is 0 Å². The lowest BCUT2D eigenvalue weighted by atomic mass is 10.1. The lowest BCUT2D eigenvalue weighted by Crippen LogP contribution is -1.98. The Balaban J connectivity index is 2.11. The third kappa shape index (κ3) is 3.51. The van der Waals surface area contributed by atoms with E-state index >= 15 is 0 Å². The fraction of sp³-hybridized carbons (Fsp3) is 0.615. The summed E-state index contributed by atoms with van der Waals surface area (Å²) in [5, 5.41) is 14.8. The molecule has 0 saturated heterocycles. The molecule has 1 N–H and O–H groups in total. The van der Waals surface area contributed by atoms with E-state index in [1.807, 2.05) is 6.20 Å². The summed E-state index contributed by atoms with van der Waals surface area (Å²) in [6.45, 7) is 7.51. The van der Waals surface area contributed by atoms with Crippen LogP contribution in [0, 0.1) is 0 Å². The number of hydrogen-bond acceptors (Lipinski definition) is 6. The first-order chi connectivity index (χ1) is 9.28. The molecule has 0 aromatic carbocycles. The number of nitrogens with zero attached hydrogens (tertiary/aromatic N) is 3. The van der Waals surface area contributed by atoms with Gasteiger partial charge in [-0.3, -0.25) is 0 Å². The first-order valence-corrected chi connectivity index (χ1v) is 8.45. The van der Waals surface area contributed by atoms with Crippen molar-refractivity contribution < 1.29 is 0 Å². The van der Waals surface area contributed by atoms with Gasteiger partial charge in [0, 0.05) is 18.7 Å². The molecule has 0 aliphatic heterocycles. The number of anilines is 1. The number of hydrogen-bond donors (Lipinski definition) is 1. The van der Waals surface area contributed by atoms with E-state index in [1.54, 1.807) is 22.7 Å². The average molecular weight is 296 g/mol. The van der Waals surface area contributed by atoms with Gasteiger partial charge in [0.05, 0.1) is 9.88 Å². The second-order valence-corrected chi connectivity index (χ2v) is 6.46. The highest BCUT2D eigenvalue weighted by Gasteiger charge is 2.15. The van der Waals surface area contributed by atoms with E-state index in [0.717, 1.165) is 40.8 Å². The summed E-state index contributed by atoms with van der Waals surface area (Å²) < 4.78 is 0. The molecule has 0 unspecified atom stereocenters. The van der Waals surface area contributed by atoms with E-state index < -0.39 is 0 Å². The van der Waals surface area contributed by atoms with Crippen molar-refractivity contribution in [2.24, 2.45) is 0 Å². The van der Waals surface area contributed by atoms with Crippen molar-refractivity contribution in [1.29, 1.82) is 0 Å². The van der Waals surface area contributed by atoms with Gasteiger partial charge in [-0.15, -0.1) is 21.5 Å². The van der Waals surface area contributed by atoms with E-state index in [1.165, 1.54) is 5.01 Å². The van der Waals surface area contributed by atoms with Gasteiger partial charge in [-0.25, -0.2) is 4.98 Å². The van der Waals surface area contributed by atoms with E-state index in [4.69, 9.17) is 0 Å². The first-order valence-electron chi connectivity index (χ1n) is 6.81. The molecule has 104 valence electrons. The van der Waals surface area contributed by atoms with Crippen LogP contribution in [0.3, 0.4) is 0 Å². The topological polar surface area (TPSA) is 50.7 Å². The molecule has 0 radical (unpaired) electrons. The van der Waals surface area contributed by atoms with E-state index in [9.17, 15) is 0 Å². The maximum Gasteiger partial charge on any atom is 0.206 e. The molecule has 6 heteroatoms. The van der Waals surface area contributed by atoms with Gasteiger partial charge in [-0.1, -0.05) is 32.1 Å². The maximum atomic E-state index is 4.54. The van der Waals surface area contributed by atoms with Crippen molar-refractivity contribution in [2.75, 3.05) is 11.9 Å². The molecule has 2 aromatic heterocycles. The molecule has 0 atom stereocenters. The summed E-state index contributed by atoms with van der Waals surface area (Å²) in [7, 11) is 0. The highest BCUT2D eigenvalue weighted by atomic mass is 32.1. The van der Waals surface area contributed by atoms with Crippen molar-refractivity contribution in [3.05, 3.63) is 11.2 Å². The van der Waals surface area contributed by atoms with Gasteiger partial charge in [0.2, 0.25) is 5.13 Å². The molecular formula is C13H20N4S2. The van der Waals surface area contributed by atoms with E-state index in [0.29, 0.717) is 5.92 Å². The molecule has 19 heavy (non-hydrogen) atoms. The van der Waals surface area contributed by atoms with Gasteiger partial charge in [0.25, 0.3) is 0 Å². The van der Waals surface area contributed by atoms with Crippen molar-refractivity contribution in [3.63, 3.8) is 0 Å². The zero-order chi connectivity index (χ0) is 13.7. The zero-order valence-electron chi connectivity index (χ0n) is 11.6. The minimum atomic E-state index is 0.573. The van der Waals surface area contributed by atoms with Crippen LogP contribution >= 0.6 is 22.7 Å². The normalized spacial score (nSPS) is 11.2. The molecular weight excluding hydrogens is 276 g/mol. The third-order valence-electron chi connectivity index (χ3n) is 3.02. The Morgan fingerprint density at radius 3 is 2.63 bits per heavy atom. The Labute approximate surface area is 122 Å². The minimum Gasteiger partial charge on any atom is -0.360 e. The molecule has 2 heterocycles. The number of aromatic nitrogens is 3. The van der Waals surface area contributed by atoms with E-state index in [2.05, 4.69) is 41.3 Å².